The molecule has 0 saturated heterocycles. The third-order valence-corrected chi connectivity index (χ3v) is 21.9. The monoisotopic (exact) mass is 1320 g/mol. The van der Waals surface area contributed by atoms with Crippen molar-refractivity contribution >= 4 is 115 Å². The number of rotatable bonds is 26. The number of imidazole rings is 2. The maximum atomic E-state index is 16.0. The molecular formula is C88H78N4O8. The molecule has 100 heavy (non-hydrogen) atoms. The Morgan fingerprint density at radius 3 is 1.28 bits per heavy atom. The van der Waals surface area contributed by atoms with Crippen LogP contribution in [0.25, 0.3) is 98.0 Å². The minimum atomic E-state index is -1.18. The van der Waals surface area contributed by atoms with Gasteiger partial charge in [0.25, 0.3) is 11.1 Å². The summed E-state index contributed by atoms with van der Waals surface area (Å²) in [7, 11) is 0. The van der Waals surface area contributed by atoms with E-state index in [1.807, 2.05) is 60.7 Å². The molecule has 4 heterocycles. The predicted octanol–water partition coefficient (Wildman–Crippen LogP) is 21.2. The Morgan fingerprint density at radius 1 is 0.370 bits per heavy atom. The second kappa shape index (κ2) is 26.0. The molecule has 0 bridgehead atoms. The van der Waals surface area contributed by atoms with Crippen LogP contribution in [0.4, 0.5) is 0 Å². The first-order valence-electron chi connectivity index (χ1n) is 36.6. The molecule has 1 atom stereocenters. The van der Waals surface area contributed by atoms with Crippen molar-refractivity contribution in [2.45, 2.75) is 161 Å². The van der Waals surface area contributed by atoms with Gasteiger partial charge in [-0.05, 0) is 126 Å². The van der Waals surface area contributed by atoms with Gasteiger partial charge in [-0.2, -0.15) is 0 Å². The Bertz CT molecular complexity index is 5910. The maximum Gasteiger partial charge on any atom is 0.264 e. The van der Waals surface area contributed by atoms with Gasteiger partial charge in [0.15, 0.2) is 17.3 Å². The summed E-state index contributed by atoms with van der Waals surface area (Å²) in [5.41, 5.74) is 6.45. The molecule has 11 aromatic carbocycles. The lowest BCUT2D eigenvalue weighted by Gasteiger charge is -2.23. The first kappa shape index (κ1) is 63.0. The Morgan fingerprint density at radius 2 is 0.780 bits per heavy atom. The standard InChI is InChI=1S/C88H78N4O8/c1-3-5-7-9-11-13-15-17-19-21-27-51-33-37-53(38-34-51)99-69-49-65-71-63(85-89-79-67(91(85)87(65)97)47-45-61-77(79)83(95)57-31-25-23-29-55(57)81(61)93)44-42-60-74-70(100-54-39-35-52(36-40-54)28-22-20-18-16-14-12-10-8-6-4-2)50-66-72-64(43-41-59(76(72)74)73(69)75(60)71)86-90-80-68(92(86)88(66)98)48-46-62-78(80)84(96)58-32-26-24-30-56(58)82(62)94/h23-26,29-50,83,95H,3-22,27-28H2,1-2H3. The van der Waals surface area contributed by atoms with Crippen molar-refractivity contribution in [1.29, 1.82) is 0 Å². The van der Waals surface area contributed by atoms with Crippen molar-refractivity contribution in [2.75, 3.05) is 0 Å². The van der Waals surface area contributed by atoms with E-state index in [2.05, 4.69) is 38.1 Å². The summed E-state index contributed by atoms with van der Waals surface area (Å²) in [5, 5.41) is 19.8. The zero-order chi connectivity index (χ0) is 67.9. The van der Waals surface area contributed by atoms with Gasteiger partial charge in [0.1, 0.15) is 45.9 Å². The second-order valence-corrected chi connectivity index (χ2v) is 28.2. The van der Waals surface area contributed by atoms with E-state index in [0.717, 1.165) is 41.8 Å². The van der Waals surface area contributed by atoms with Crippen LogP contribution < -0.4 is 20.6 Å². The number of aryl methyl sites for hydroxylation is 2. The number of carbonyl (C=O) groups excluding carboxylic acids is 3. The number of aromatic nitrogens is 4. The summed E-state index contributed by atoms with van der Waals surface area (Å²) in [4.78, 5) is 85.6. The average molecular weight is 1320 g/mol. The van der Waals surface area contributed by atoms with Gasteiger partial charge in [0.2, 0.25) is 0 Å². The molecule has 1 N–H and O–H groups in total. The van der Waals surface area contributed by atoms with Crippen molar-refractivity contribution in [3.8, 4) is 23.0 Å². The highest BCUT2D eigenvalue weighted by Gasteiger charge is 2.36. The highest BCUT2D eigenvalue weighted by atomic mass is 16.5. The zero-order valence-electron chi connectivity index (χ0n) is 56.7. The lowest BCUT2D eigenvalue weighted by molar-refractivity contribution is 0.0980. The van der Waals surface area contributed by atoms with Crippen molar-refractivity contribution in [1.82, 2.24) is 18.8 Å². The van der Waals surface area contributed by atoms with E-state index in [9.17, 15) is 19.5 Å². The lowest BCUT2D eigenvalue weighted by atomic mass is 9.82. The molecule has 498 valence electrons. The number of aliphatic hydroxyl groups excluding tert-OH is 1. The maximum absolute atomic E-state index is 16.0. The van der Waals surface area contributed by atoms with Crippen LogP contribution >= 0.6 is 0 Å². The molecule has 4 aromatic heterocycles. The Balaban J connectivity index is 0.852. The van der Waals surface area contributed by atoms with Crippen molar-refractivity contribution < 1.29 is 29.0 Å². The summed E-state index contributed by atoms with van der Waals surface area (Å²) in [6.07, 6.45) is 25.9. The quantitative estimate of drug-likeness (QED) is 0.0314. The van der Waals surface area contributed by atoms with Crippen LogP contribution in [0.5, 0.6) is 23.0 Å². The van der Waals surface area contributed by atoms with Gasteiger partial charge in [-0.3, -0.25) is 32.8 Å². The molecule has 1 unspecified atom stereocenters. The van der Waals surface area contributed by atoms with Gasteiger partial charge in [-0.1, -0.05) is 214 Å². The van der Waals surface area contributed by atoms with E-state index >= 15 is 9.59 Å². The fourth-order valence-electron chi connectivity index (χ4n) is 16.9. The second-order valence-electron chi connectivity index (χ2n) is 28.2. The fraction of sp³-hybridized carbons (Fsp3) is 0.284. The number of unbranched alkanes of at least 4 members (excludes halogenated alkanes) is 18. The third kappa shape index (κ3) is 10.4. The molecular weight excluding hydrogens is 1240 g/mol. The van der Waals surface area contributed by atoms with Crippen LogP contribution in [-0.2, 0) is 12.8 Å². The third-order valence-electron chi connectivity index (χ3n) is 21.9. The highest BCUT2D eigenvalue weighted by molar-refractivity contribution is 6.43. The SMILES string of the molecule is CCCCCCCCCCCCc1ccc(Oc2cc3c(=O)n4c5ccc6c(c5nc4c4ccc5c7c(Oc8ccc(CCCCCCCCCCCC)cc8)cc8c(=O)n9c%10ccc%11c(c%10nc9c9ccc(c2c5c34)c7c89)C(O)c2ccccc2C%11=O)C(=O)c2ccccc2C6=O)cc1. The number of benzene rings is 11. The van der Waals surface area contributed by atoms with Gasteiger partial charge >= 0.3 is 0 Å². The molecule has 12 heteroatoms. The summed E-state index contributed by atoms with van der Waals surface area (Å²) in [5.74, 6) is 1.13. The number of aliphatic hydroxyl groups is 1. The van der Waals surface area contributed by atoms with E-state index in [0.29, 0.717) is 127 Å². The number of ketones is 3. The normalized spacial score (nSPS) is 13.9. The molecule has 15 aromatic rings. The number of fused-ring (bicyclic) bond motifs is 16. The first-order chi connectivity index (χ1) is 49.1. The largest absolute Gasteiger partial charge is 0.457 e. The molecule has 0 spiro atoms. The van der Waals surface area contributed by atoms with E-state index in [1.54, 1.807) is 81.6 Å². The smallest absolute Gasteiger partial charge is 0.264 e. The Labute approximate surface area is 578 Å². The van der Waals surface area contributed by atoms with Crippen LogP contribution in [0.3, 0.4) is 0 Å². The number of hydrogen-bond acceptors (Lipinski definition) is 10. The minimum Gasteiger partial charge on any atom is -0.457 e. The van der Waals surface area contributed by atoms with Gasteiger partial charge < -0.3 is 14.6 Å². The minimum absolute atomic E-state index is 0.163. The Kier molecular flexibility index (Phi) is 16.4. The molecule has 2 aliphatic rings. The molecule has 0 saturated carbocycles. The van der Waals surface area contributed by atoms with Gasteiger partial charge in [0, 0.05) is 76.5 Å². The number of hydrogen-bond donors (Lipinski definition) is 1. The van der Waals surface area contributed by atoms with E-state index < -0.39 is 6.10 Å². The summed E-state index contributed by atoms with van der Waals surface area (Å²) >= 11 is 0. The van der Waals surface area contributed by atoms with Crippen molar-refractivity contribution in [3.05, 3.63) is 234 Å². The van der Waals surface area contributed by atoms with Crippen LogP contribution in [0.2, 0.25) is 0 Å². The van der Waals surface area contributed by atoms with Crippen LogP contribution in [0.1, 0.15) is 218 Å². The first-order valence-corrected chi connectivity index (χ1v) is 36.6. The topological polar surface area (TPSA) is 159 Å². The van der Waals surface area contributed by atoms with Gasteiger partial charge in [0.05, 0.1) is 32.9 Å². The Hall–Kier alpha value is -10.4. The molecule has 0 fully saturated rings. The van der Waals surface area contributed by atoms with E-state index in [4.69, 9.17) is 19.4 Å². The molecule has 2 aliphatic carbocycles. The van der Waals surface area contributed by atoms with Gasteiger partial charge in [-0.25, -0.2) is 9.97 Å². The van der Waals surface area contributed by atoms with E-state index in [-0.39, 0.29) is 50.7 Å². The molecule has 0 radical (unpaired) electrons. The zero-order valence-corrected chi connectivity index (χ0v) is 56.7. The van der Waals surface area contributed by atoms with E-state index in [1.165, 1.54) is 127 Å². The van der Waals surface area contributed by atoms with Crippen LogP contribution in [0, 0.1) is 0 Å². The number of pyridine rings is 2. The highest BCUT2D eigenvalue weighted by Crippen LogP contribution is 2.53. The van der Waals surface area contributed by atoms with Crippen molar-refractivity contribution in [2.24, 2.45) is 0 Å². The summed E-state index contributed by atoms with van der Waals surface area (Å²) in [6, 6.07) is 48.9. The predicted molar refractivity (Wildman–Crippen MR) is 401 cm³/mol. The number of carbonyl (C=O) groups is 3. The molecule has 17 rings (SSSR count). The fourth-order valence-corrected chi connectivity index (χ4v) is 16.9. The summed E-state index contributed by atoms with van der Waals surface area (Å²) in [6.45, 7) is 4.52. The number of ether oxygens (including phenoxy) is 2. The van der Waals surface area contributed by atoms with Crippen LogP contribution in [-0.4, -0.2) is 41.2 Å². The van der Waals surface area contributed by atoms with Gasteiger partial charge in [-0.15, -0.1) is 0 Å². The molecule has 0 aliphatic heterocycles. The average Bonchev–Trinajstić information content (AvgIpc) is 1.14. The number of nitrogens with zero attached hydrogens (tertiary/aromatic N) is 4. The summed E-state index contributed by atoms with van der Waals surface area (Å²) < 4.78 is 17.7. The lowest BCUT2D eigenvalue weighted by Crippen LogP contribution is -2.21. The molecule has 0 amide bonds. The van der Waals surface area contributed by atoms with Crippen molar-refractivity contribution in [3.63, 3.8) is 0 Å². The van der Waals surface area contributed by atoms with Crippen LogP contribution in [0.15, 0.2) is 167 Å². The molecule has 12 nitrogen and oxygen atoms in total.